The summed E-state index contributed by atoms with van der Waals surface area (Å²) in [6, 6.07) is 12.1. The highest BCUT2D eigenvalue weighted by molar-refractivity contribution is 6.00. The van der Waals surface area contributed by atoms with Gasteiger partial charge in [-0.25, -0.2) is 0 Å². The molecule has 0 saturated carbocycles. The summed E-state index contributed by atoms with van der Waals surface area (Å²) in [7, 11) is 0. The first-order chi connectivity index (χ1) is 10.3. The van der Waals surface area contributed by atoms with Crippen molar-refractivity contribution in [3.05, 3.63) is 54.5 Å². The molecular weight excluding hydrogens is 260 g/mol. The van der Waals surface area contributed by atoms with Crippen molar-refractivity contribution >= 4 is 16.7 Å². The number of hydrogen-bond donors (Lipinski definition) is 1. The van der Waals surface area contributed by atoms with Gasteiger partial charge in [0.2, 0.25) is 0 Å². The van der Waals surface area contributed by atoms with E-state index < -0.39 is 0 Å². The molecule has 1 aromatic carbocycles. The Bertz CT molecular complexity index is 759. The Kier molecular flexibility index (Phi) is 3.82. The zero-order valence-electron chi connectivity index (χ0n) is 12.1. The van der Waals surface area contributed by atoms with Crippen LogP contribution in [0.25, 0.3) is 22.0 Å². The monoisotopic (exact) mass is 278 g/mol. The summed E-state index contributed by atoms with van der Waals surface area (Å²) in [4.78, 5) is 19.5. The van der Waals surface area contributed by atoms with Gasteiger partial charge < -0.3 is 4.98 Å². The van der Waals surface area contributed by atoms with E-state index in [0.29, 0.717) is 12.1 Å². The Hall–Kier alpha value is -2.42. The number of unbranched alkanes of at least 4 members (excludes halogenated alkanes) is 1. The Morgan fingerprint density at radius 3 is 2.86 bits per heavy atom. The van der Waals surface area contributed by atoms with Crippen LogP contribution in [-0.2, 0) is 0 Å². The number of pyridine rings is 1. The van der Waals surface area contributed by atoms with E-state index in [0.717, 1.165) is 34.9 Å². The van der Waals surface area contributed by atoms with Crippen LogP contribution in [0.4, 0.5) is 0 Å². The molecule has 0 fully saturated rings. The molecule has 106 valence electrons. The molecule has 0 spiro atoms. The van der Waals surface area contributed by atoms with Crippen molar-refractivity contribution < 1.29 is 4.79 Å². The molecule has 2 heterocycles. The summed E-state index contributed by atoms with van der Waals surface area (Å²) in [5, 5.41) is 1.07. The van der Waals surface area contributed by atoms with Crippen molar-refractivity contribution in [3.8, 4) is 11.1 Å². The van der Waals surface area contributed by atoms with Gasteiger partial charge in [0.15, 0.2) is 5.78 Å². The lowest BCUT2D eigenvalue weighted by molar-refractivity contribution is 0.0976. The summed E-state index contributed by atoms with van der Waals surface area (Å²) in [6.07, 6.45) is 6.20. The number of ketones is 1. The van der Waals surface area contributed by atoms with Gasteiger partial charge in [0.25, 0.3) is 0 Å². The van der Waals surface area contributed by atoms with Crippen molar-refractivity contribution in [2.45, 2.75) is 26.2 Å². The molecule has 0 aliphatic carbocycles. The maximum Gasteiger partial charge on any atom is 0.179 e. The van der Waals surface area contributed by atoms with E-state index >= 15 is 0 Å². The largest absolute Gasteiger partial charge is 0.352 e. The summed E-state index contributed by atoms with van der Waals surface area (Å²) in [6.45, 7) is 2.10. The number of hydrogen-bond acceptors (Lipinski definition) is 2. The van der Waals surface area contributed by atoms with Crippen molar-refractivity contribution in [3.63, 3.8) is 0 Å². The molecule has 0 aliphatic heterocycles. The van der Waals surface area contributed by atoms with E-state index in [-0.39, 0.29) is 5.78 Å². The normalized spacial score (nSPS) is 10.9. The lowest BCUT2D eigenvalue weighted by Gasteiger charge is -2.00. The number of aromatic nitrogens is 2. The van der Waals surface area contributed by atoms with Gasteiger partial charge in [-0.15, -0.1) is 0 Å². The summed E-state index contributed by atoms with van der Waals surface area (Å²) in [5.74, 6) is 0.191. The molecule has 0 amide bonds. The minimum absolute atomic E-state index is 0.191. The minimum Gasteiger partial charge on any atom is -0.352 e. The van der Waals surface area contributed by atoms with Gasteiger partial charge in [-0.2, -0.15) is 0 Å². The first-order valence-corrected chi connectivity index (χ1v) is 7.34. The van der Waals surface area contributed by atoms with Gasteiger partial charge in [-0.05, 0) is 30.2 Å². The SMILES string of the molecule is CCCCC(=O)c1cc2ccc(-c3cccnc3)cc2[nH]1. The first-order valence-electron chi connectivity index (χ1n) is 7.34. The number of carbonyl (C=O) groups is 1. The third kappa shape index (κ3) is 2.87. The number of fused-ring (bicyclic) bond motifs is 1. The van der Waals surface area contributed by atoms with E-state index in [1.165, 1.54) is 0 Å². The average molecular weight is 278 g/mol. The third-order valence-electron chi connectivity index (χ3n) is 3.68. The lowest BCUT2D eigenvalue weighted by atomic mass is 10.1. The maximum atomic E-state index is 12.1. The quantitative estimate of drug-likeness (QED) is 0.693. The van der Waals surface area contributed by atoms with Gasteiger partial charge >= 0.3 is 0 Å². The fraction of sp³-hybridized carbons (Fsp3) is 0.222. The summed E-state index contributed by atoms with van der Waals surface area (Å²) >= 11 is 0. The molecular formula is C18H18N2O. The summed E-state index contributed by atoms with van der Waals surface area (Å²) < 4.78 is 0. The van der Waals surface area contributed by atoms with E-state index in [1.54, 1.807) is 6.20 Å². The Morgan fingerprint density at radius 2 is 2.10 bits per heavy atom. The number of rotatable bonds is 5. The Balaban J connectivity index is 1.94. The molecule has 3 nitrogen and oxygen atoms in total. The van der Waals surface area contributed by atoms with E-state index in [1.807, 2.05) is 30.5 Å². The standard InChI is InChI=1S/C18H18N2O/c1-2-3-6-18(21)17-11-14-8-7-13(10-16(14)20-17)15-5-4-9-19-12-15/h4-5,7-12,20H,2-3,6H2,1H3. The lowest BCUT2D eigenvalue weighted by Crippen LogP contribution is -1.98. The van der Waals surface area contributed by atoms with Gasteiger partial charge in [0.05, 0.1) is 5.69 Å². The highest BCUT2D eigenvalue weighted by Crippen LogP contribution is 2.24. The molecule has 1 N–H and O–H groups in total. The molecule has 3 aromatic rings. The molecule has 0 aliphatic rings. The van der Waals surface area contributed by atoms with Crippen LogP contribution in [0.15, 0.2) is 48.8 Å². The van der Waals surface area contributed by atoms with Crippen LogP contribution in [0.3, 0.4) is 0 Å². The fourth-order valence-corrected chi connectivity index (χ4v) is 2.46. The van der Waals surface area contributed by atoms with Crippen molar-refractivity contribution in [2.75, 3.05) is 0 Å². The van der Waals surface area contributed by atoms with Crippen LogP contribution in [0.1, 0.15) is 36.7 Å². The van der Waals surface area contributed by atoms with Crippen LogP contribution < -0.4 is 0 Å². The minimum atomic E-state index is 0.191. The van der Waals surface area contributed by atoms with Crippen molar-refractivity contribution in [1.82, 2.24) is 9.97 Å². The molecule has 0 unspecified atom stereocenters. The molecule has 3 rings (SSSR count). The number of nitrogens with one attached hydrogen (secondary N) is 1. The smallest absolute Gasteiger partial charge is 0.179 e. The van der Waals surface area contributed by atoms with Crippen LogP contribution >= 0.6 is 0 Å². The van der Waals surface area contributed by atoms with Crippen LogP contribution in [0, 0.1) is 0 Å². The molecule has 0 saturated heterocycles. The van der Waals surface area contributed by atoms with Crippen LogP contribution in [-0.4, -0.2) is 15.8 Å². The fourth-order valence-electron chi connectivity index (χ4n) is 2.46. The highest BCUT2D eigenvalue weighted by atomic mass is 16.1. The second-order valence-electron chi connectivity index (χ2n) is 5.25. The molecule has 3 heteroatoms. The van der Waals surface area contributed by atoms with Crippen molar-refractivity contribution in [2.24, 2.45) is 0 Å². The molecule has 2 aromatic heterocycles. The van der Waals surface area contributed by atoms with Gasteiger partial charge in [0.1, 0.15) is 0 Å². The highest BCUT2D eigenvalue weighted by Gasteiger charge is 2.09. The predicted octanol–water partition coefficient (Wildman–Crippen LogP) is 4.60. The third-order valence-corrected chi connectivity index (χ3v) is 3.68. The number of nitrogens with zero attached hydrogens (tertiary/aromatic N) is 1. The number of aromatic amines is 1. The number of benzene rings is 1. The van der Waals surface area contributed by atoms with Crippen molar-refractivity contribution in [1.29, 1.82) is 0 Å². The zero-order valence-corrected chi connectivity index (χ0v) is 12.1. The maximum absolute atomic E-state index is 12.1. The topological polar surface area (TPSA) is 45.8 Å². The first kappa shape index (κ1) is 13.6. The molecule has 0 radical (unpaired) electrons. The van der Waals surface area contributed by atoms with Gasteiger partial charge in [-0.1, -0.05) is 31.5 Å². The van der Waals surface area contributed by atoms with E-state index in [2.05, 4.69) is 29.0 Å². The summed E-state index contributed by atoms with van der Waals surface area (Å²) in [5.41, 5.74) is 3.89. The van der Waals surface area contributed by atoms with E-state index in [9.17, 15) is 4.79 Å². The van der Waals surface area contributed by atoms with Crippen LogP contribution in [0.2, 0.25) is 0 Å². The average Bonchev–Trinajstić information content (AvgIpc) is 2.96. The second kappa shape index (κ2) is 5.92. The number of Topliss-reactive ketones (excluding diaryl/α,β-unsaturated/α-hetero) is 1. The van der Waals surface area contributed by atoms with Gasteiger partial charge in [-0.3, -0.25) is 9.78 Å². The Morgan fingerprint density at radius 1 is 1.19 bits per heavy atom. The predicted molar refractivity (Wildman–Crippen MR) is 85.4 cm³/mol. The molecule has 0 bridgehead atoms. The molecule has 21 heavy (non-hydrogen) atoms. The van der Waals surface area contributed by atoms with Gasteiger partial charge in [0, 0.05) is 35.3 Å². The Labute approximate surface area is 124 Å². The second-order valence-corrected chi connectivity index (χ2v) is 5.25. The number of H-pyrrole nitrogens is 1. The van der Waals surface area contributed by atoms with E-state index in [4.69, 9.17) is 0 Å². The zero-order chi connectivity index (χ0) is 14.7. The van der Waals surface area contributed by atoms with Crippen LogP contribution in [0.5, 0.6) is 0 Å². The number of carbonyl (C=O) groups excluding carboxylic acids is 1. The molecule has 0 atom stereocenters.